The van der Waals surface area contributed by atoms with E-state index < -0.39 is 0 Å². The number of para-hydroxylation sites is 1. The number of hydrogen-bond acceptors (Lipinski definition) is 4. The Hall–Kier alpha value is -1.62. The predicted molar refractivity (Wildman–Crippen MR) is 62.8 cm³/mol. The Bertz CT molecular complexity index is 379. The Morgan fingerprint density at radius 2 is 2.25 bits per heavy atom. The summed E-state index contributed by atoms with van der Waals surface area (Å²) in [6, 6.07) is 5.05. The first-order valence-corrected chi connectivity index (χ1v) is 5.05. The molecule has 0 fully saturated rings. The van der Waals surface area contributed by atoms with Gasteiger partial charge in [-0.2, -0.15) is 0 Å². The minimum absolute atomic E-state index is 0.0322. The molecule has 1 aromatic rings. The zero-order valence-corrected chi connectivity index (χ0v) is 9.69. The summed E-state index contributed by atoms with van der Waals surface area (Å²) in [6.45, 7) is 4.26. The molecule has 5 heteroatoms. The molecule has 1 rings (SSSR count). The molecular formula is C11H16N2O3. The maximum absolute atomic E-state index is 10.8. The van der Waals surface area contributed by atoms with Gasteiger partial charge in [-0.25, -0.2) is 0 Å². The van der Waals surface area contributed by atoms with E-state index in [2.05, 4.69) is 5.32 Å². The normalized spacial score (nSPS) is 12.2. The van der Waals surface area contributed by atoms with Gasteiger partial charge >= 0.3 is 0 Å². The van der Waals surface area contributed by atoms with Gasteiger partial charge < -0.3 is 10.1 Å². The van der Waals surface area contributed by atoms with Crippen molar-refractivity contribution in [2.75, 3.05) is 19.0 Å². The second kappa shape index (κ2) is 5.46. The molecule has 0 saturated carbocycles. The van der Waals surface area contributed by atoms with Crippen molar-refractivity contribution in [2.45, 2.75) is 19.9 Å². The van der Waals surface area contributed by atoms with Gasteiger partial charge in [0.05, 0.1) is 11.5 Å². The van der Waals surface area contributed by atoms with Crippen LogP contribution in [0.4, 0.5) is 11.4 Å². The number of rotatable bonds is 5. The molecule has 0 radical (unpaired) electrons. The summed E-state index contributed by atoms with van der Waals surface area (Å²) in [5, 5.41) is 13.9. The van der Waals surface area contributed by atoms with Crippen LogP contribution in [0.2, 0.25) is 0 Å². The van der Waals surface area contributed by atoms with Crippen molar-refractivity contribution in [2.24, 2.45) is 0 Å². The van der Waals surface area contributed by atoms with Gasteiger partial charge in [0.25, 0.3) is 5.69 Å². The van der Waals surface area contributed by atoms with E-state index >= 15 is 0 Å². The zero-order valence-electron chi connectivity index (χ0n) is 9.69. The number of nitro groups is 1. The average molecular weight is 224 g/mol. The topological polar surface area (TPSA) is 64.4 Å². The summed E-state index contributed by atoms with van der Waals surface area (Å²) < 4.78 is 4.98. The first-order valence-electron chi connectivity index (χ1n) is 5.05. The van der Waals surface area contributed by atoms with Crippen LogP contribution in [0, 0.1) is 17.0 Å². The number of nitrogens with one attached hydrogen (secondary N) is 1. The summed E-state index contributed by atoms with van der Waals surface area (Å²) >= 11 is 0. The monoisotopic (exact) mass is 224 g/mol. The zero-order chi connectivity index (χ0) is 12.1. The molecule has 0 aliphatic carbocycles. The lowest BCUT2D eigenvalue weighted by molar-refractivity contribution is -0.384. The third-order valence-electron chi connectivity index (χ3n) is 2.25. The van der Waals surface area contributed by atoms with Crippen molar-refractivity contribution >= 4 is 11.4 Å². The standard InChI is InChI=1S/C11H16N2O3/c1-8-5-4-6-10(13(14)15)11(8)12-9(2)7-16-3/h4-6,9,12H,7H2,1-3H3. The van der Waals surface area contributed by atoms with E-state index in [1.807, 2.05) is 19.9 Å². The molecule has 88 valence electrons. The maximum Gasteiger partial charge on any atom is 0.292 e. The van der Waals surface area contributed by atoms with Crippen molar-refractivity contribution in [3.8, 4) is 0 Å². The number of ether oxygens (including phenoxy) is 1. The summed E-state index contributed by atoms with van der Waals surface area (Å²) in [4.78, 5) is 10.5. The lowest BCUT2D eigenvalue weighted by Crippen LogP contribution is -2.21. The van der Waals surface area contributed by atoms with E-state index in [-0.39, 0.29) is 16.7 Å². The van der Waals surface area contributed by atoms with E-state index in [0.717, 1.165) is 5.56 Å². The van der Waals surface area contributed by atoms with Crippen LogP contribution in [-0.2, 0) is 4.74 Å². The molecule has 0 bridgehead atoms. The minimum Gasteiger partial charge on any atom is -0.383 e. The molecule has 0 spiro atoms. The van der Waals surface area contributed by atoms with Gasteiger partial charge in [-0.1, -0.05) is 12.1 Å². The third kappa shape index (κ3) is 2.93. The molecule has 0 aliphatic rings. The van der Waals surface area contributed by atoms with Crippen LogP contribution in [0.1, 0.15) is 12.5 Å². The number of methoxy groups -OCH3 is 1. The maximum atomic E-state index is 10.8. The van der Waals surface area contributed by atoms with Crippen molar-refractivity contribution in [3.05, 3.63) is 33.9 Å². The fourth-order valence-corrected chi connectivity index (χ4v) is 1.53. The molecule has 16 heavy (non-hydrogen) atoms. The van der Waals surface area contributed by atoms with E-state index in [9.17, 15) is 10.1 Å². The molecule has 0 saturated heterocycles. The van der Waals surface area contributed by atoms with Gasteiger partial charge in [0.15, 0.2) is 0 Å². The quantitative estimate of drug-likeness (QED) is 0.616. The number of hydrogen-bond donors (Lipinski definition) is 1. The number of nitro benzene ring substituents is 1. The van der Waals surface area contributed by atoms with Gasteiger partial charge in [-0.15, -0.1) is 0 Å². The average Bonchev–Trinajstić information content (AvgIpc) is 2.21. The van der Waals surface area contributed by atoms with Crippen LogP contribution >= 0.6 is 0 Å². The van der Waals surface area contributed by atoms with Gasteiger partial charge in [-0.3, -0.25) is 10.1 Å². The van der Waals surface area contributed by atoms with Gasteiger partial charge in [-0.05, 0) is 19.4 Å². The molecule has 1 unspecified atom stereocenters. The fraction of sp³-hybridized carbons (Fsp3) is 0.455. The fourth-order valence-electron chi connectivity index (χ4n) is 1.53. The molecule has 1 aromatic carbocycles. The van der Waals surface area contributed by atoms with Crippen molar-refractivity contribution in [1.82, 2.24) is 0 Å². The highest BCUT2D eigenvalue weighted by molar-refractivity contribution is 5.66. The van der Waals surface area contributed by atoms with Crippen LogP contribution in [0.5, 0.6) is 0 Å². The second-order valence-electron chi connectivity index (χ2n) is 3.73. The van der Waals surface area contributed by atoms with Gasteiger partial charge in [0, 0.05) is 19.2 Å². The molecule has 0 amide bonds. The number of benzene rings is 1. The smallest absolute Gasteiger partial charge is 0.292 e. The molecule has 1 atom stereocenters. The second-order valence-corrected chi connectivity index (χ2v) is 3.73. The Kier molecular flexibility index (Phi) is 4.25. The van der Waals surface area contributed by atoms with E-state index in [0.29, 0.717) is 12.3 Å². The Balaban J connectivity index is 2.97. The highest BCUT2D eigenvalue weighted by Gasteiger charge is 2.16. The predicted octanol–water partition coefficient (Wildman–Crippen LogP) is 2.35. The lowest BCUT2D eigenvalue weighted by Gasteiger charge is -2.15. The van der Waals surface area contributed by atoms with Crippen molar-refractivity contribution in [1.29, 1.82) is 0 Å². The van der Waals surface area contributed by atoms with Crippen LogP contribution in [0.25, 0.3) is 0 Å². The van der Waals surface area contributed by atoms with Crippen LogP contribution in [0.3, 0.4) is 0 Å². The van der Waals surface area contributed by atoms with Crippen LogP contribution in [-0.4, -0.2) is 24.7 Å². The summed E-state index contributed by atoms with van der Waals surface area (Å²) in [7, 11) is 1.60. The van der Waals surface area contributed by atoms with Crippen molar-refractivity contribution < 1.29 is 9.66 Å². The first-order chi connectivity index (χ1) is 7.56. The number of aryl methyl sites for hydroxylation is 1. The van der Waals surface area contributed by atoms with E-state index in [1.54, 1.807) is 13.2 Å². The van der Waals surface area contributed by atoms with Crippen LogP contribution < -0.4 is 5.32 Å². The molecule has 0 aromatic heterocycles. The number of nitrogens with zero attached hydrogens (tertiary/aromatic N) is 1. The largest absolute Gasteiger partial charge is 0.383 e. The molecule has 0 heterocycles. The molecule has 0 aliphatic heterocycles. The summed E-state index contributed by atoms with van der Waals surface area (Å²) in [5.74, 6) is 0. The highest BCUT2D eigenvalue weighted by Crippen LogP contribution is 2.28. The SMILES string of the molecule is COCC(C)Nc1c(C)cccc1[N+](=O)[O-]. The Morgan fingerprint density at radius 1 is 1.56 bits per heavy atom. The summed E-state index contributed by atoms with van der Waals surface area (Å²) in [6.07, 6.45) is 0. The molecular weight excluding hydrogens is 208 g/mol. The van der Waals surface area contributed by atoms with Crippen molar-refractivity contribution in [3.63, 3.8) is 0 Å². The van der Waals surface area contributed by atoms with E-state index in [1.165, 1.54) is 6.07 Å². The molecule has 1 N–H and O–H groups in total. The number of anilines is 1. The van der Waals surface area contributed by atoms with E-state index in [4.69, 9.17) is 4.74 Å². The summed E-state index contributed by atoms with van der Waals surface area (Å²) in [5.41, 5.74) is 1.53. The first kappa shape index (κ1) is 12.4. The van der Waals surface area contributed by atoms with Gasteiger partial charge in [0.1, 0.15) is 5.69 Å². The van der Waals surface area contributed by atoms with Gasteiger partial charge in [0.2, 0.25) is 0 Å². The molecule has 5 nitrogen and oxygen atoms in total. The lowest BCUT2D eigenvalue weighted by atomic mass is 10.1. The Morgan fingerprint density at radius 3 is 2.81 bits per heavy atom. The third-order valence-corrected chi connectivity index (χ3v) is 2.25. The van der Waals surface area contributed by atoms with Crippen LogP contribution in [0.15, 0.2) is 18.2 Å². The Labute approximate surface area is 94.6 Å². The minimum atomic E-state index is -0.380. The highest BCUT2D eigenvalue weighted by atomic mass is 16.6.